The molecule has 0 unspecified atom stereocenters. The van der Waals surface area contributed by atoms with Gasteiger partial charge >= 0.3 is 0 Å². The van der Waals surface area contributed by atoms with E-state index >= 15 is 0 Å². The Bertz CT molecular complexity index is 1350. The van der Waals surface area contributed by atoms with Crippen LogP contribution in [-0.2, 0) is 13.0 Å². The Morgan fingerprint density at radius 1 is 1.06 bits per heavy atom. The van der Waals surface area contributed by atoms with Gasteiger partial charge in [0.15, 0.2) is 5.89 Å². The number of oxazole rings is 1. The summed E-state index contributed by atoms with van der Waals surface area (Å²) in [4.78, 5) is 12.4. The van der Waals surface area contributed by atoms with Crippen LogP contribution in [0.5, 0.6) is 5.75 Å². The van der Waals surface area contributed by atoms with Gasteiger partial charge in [-0.05, 0) is 36.1 Å². The highest BCUT2D eigenvalue weighted by atomic mass is 16.5. The van der Waals surface area contributed by atoms with E-state index in [1.54, 1.807) is 6.26 Å². The third-order valence-corrected chi connectivity index (χ3v) is 6.00. The van der Waals surface area contributed by atoms with Gasteiger partial charge in [0.25, 0.3) is 0 Å². The van der Waals surface area contributed by atoms with E-state index in [1.807, 2.05) is 36.5 Å². The van der Waals surface area contributed by atoms with Crippen LogP contribution < -0.4 is 4.74 Å². The van der Waals surface area contributed by atoms with Crippen LogP contribution in [0, 0.1) is 0 Å². The van der Waals surface area contributed by atoms with E-state index in [-0.39, 0.29) is 0 Å². The number of nitrogens with one attached hydrogen (secondary N) is 1. The minimum Gasteiger partial charge on any atom is -0.489 e. The molecule has 1 fully saturated rings. The van der Waals surface area contributed by atoms with Gasteiger partial charge in [0.05, 0.1) is 6.42 Å². The average molecular weight is 426 g/mol. The molecular formula is C25H22N4O3. The maximum Gasteiger partial charge on any atom is 0.231 e. The molecule has 3 heterocycles. The molecule has 0 radical (unpaired) electrons. The molecule has 0 aliphatic heterocycles. The maximum atomic E-state index is 5.93. The molecule has 3 aromatic heterocycles. The zero-order valence-electron chi connectivity index (χ0n) is 17.5. The van der Waals surface area contributed by atoms with Crippen molar-refractivity contribution >= 4 is 10.9 Å². The summed E-state index contributed by atoms with van der Waals surface area (Å²) in [6, 6.07) is 16.2. The van der Waals surface area contributed by atoms with E-state index in [0.29, 0.717) is 36.4 Å². The van der Waals surface area contributed by atoms with Crippen LogP contribution in [-0.4, -0.2) is 20.1 Å². The van der Waals surface area contributed by atoms with E-state index in [2.05, 4.69) is 38.3 Å². The zero-order chi connectivity index (χ0) is 21.3. The van der Waals surface area contributed by atoms with E-state index in [1.165, 1.54) is 6.42 Å². The fourth-order valence-electron chi connectivity index (χ4n) is 3.97. The van der Waals surface area contributed by atoms with Crippen LogP contribution in [0.1, 0.15) is 48.1 Å². The van der Waals surface area contributed by atoms with Crippen molar-refractivity contribution in [3.8, 4) is 17.3 Å². The van der Waals surface area contributed by atoms with Crippen LogP contribution in [0.2, 0.25) is 0 Å². The monoisotopic (exact) mass is 426 g/mol. The van der Waals surface area contributed by atoms with Gasteiger partial charge in [-0.25, -0.2) is 4.98 Å². The van der Waals surface area contributed by atoms with Gasteiger partial charge in [0, 0.05) is 29.1 Å². The number of hydrogen-bond acceptors (Lipinski definition) is 6. The third-order valence-electron chi connectivity index (χ3n) is 6.00. The van der Waals surface area contributed by atoms with Crippen molar-refractivity contribution < 1.29 is 13.7 Å². The minimum atomic E-state index is 0.433. The summed E-state index contributed by atoms with van der Waals surface area (Å²) < 4.78 is 17.0. The van der Waals surface area contributed by atoms with Gasteiger partial charge in [-0.15, -0.1) is 0 Å². The number of benzene rings is 2. The molecule has 5 aromatic rings. The molecular weight excluding hydrogens is 404 g/mol. The smallest absolute Gasteiger partial charge is 0.231 e. The summed E-state index contributed by atoms with van der Waals surface area (Å²) in [6.07, 6.45) is 7.63. The van der Waals surface area contributed by atoms with Crippen LogP contribution in [0.15, 0.2) is 69.9 Å². The van der Waals surface area contributed by atoms with E-state index in [4.69, 9.17) is 13.7 Å². The topological polar surface area (TPSA) is 90.0 Å². The lowest BCUT2D eigenvalue weighted by Crippen LogP contribution is -2.08. The lowest BCUT2D eigenvalue weighted by molar-refractivity contribution is 0.306. The molecule has 6 rings (SSSR count). The Morgan fingerprint density at radius 2 is 1.97 bits per heavy atom. The van der Waals surface area contributed by atoms with Crippen molar-refractivity contribution in [1.82, 2.24) is 20.1 Å². The fourth-order valence-corrected chi connectivity index (χ4v) is 3.97. The number of aromatic nitrogens is 4. The zero-order valence-corrected chi connectivity index (χ0v) is 17.5. The first kappa shape index (κ1) is 18.9. The molecule has 1 N–H and O–H groups in total. The number of ether oxygens (including phenoxy) is 1. The molecule has 32 heavy (non-hydrogen) atoms. The average Bonchev–Trinajstić information content (AvgIpc) is 3.53. The Morgan fingerprint density at radius 3 is 2.81 bits per heavy atom. The molecule has 1 saturated carbocycles. The number of fused-ring (bicyclic) bond motifs is 1. The highest BCUT2D eigenvalue weighted by Gasteiger charge is 2.25. The Hall–Kier alpha value is -3.87. The number of hydrogen-bond donors (Lipinski definition) is 1. The normalized spacial score (nSPS) is 14.0. The molecule has 0 bridgehead atoms. The highest BCUT2D eigenvalue weighted by molar-refractivity contribution is 5.84. The third kappa shape index (κ3) is 3.66. The lowest BCUT2D eigenvalue weighted by atomic mass is 9.85. The van der Waals surface area contributed by atoms with E-state index in [9.17, 15) is 0 Å². The van der Waals surface area contributed by atoms with Crippen LogP contribution in [0.3, 0.4) is 0 Å². The van der Waals surface area contributed by atoms with Gasteiger partial charge < -0.3 is 18.7 Å². The molecule has 1 aliphatic rings. The van der Waals surface area contributed by atoms with Gasteiger partial charge in [0.2, 0.25) is 11.7 Å². The van der Waals surface area contributed by atoms with Crippen molar-refractivity contribution in [1.29, 1.82) is 0 Å². The Kier molecular flexibility index (Phi) is 4.71. The molecule has 0 spiro atoms. The van der Waals surface area contributed by atoms with E-state index < -0.39 is 0 Å². The molecule has 7 nitrogen and oxygen atoms in total. The minimum absolute atomic E-state index is 0.433. The lowest BCUT2D eigenvalue weighted by Gasteiger charge is -2.21. The second-order valence-corrected chi connectivity index (χ2v) is 8.18. The first-order valence-electron chi connectivity index (χ1n) is 10.9. The SMILES string of the molecule is c1ccc(COc2ccc3c(Cc4nc(-c5coc(C6CCC6)n5)no4)c[nH]c3c2)cc1. The summed E-state index contributed by atoms with van der Waals surface area (Å²) in [7, 11) is 0. The fraction of sp³-hybridized carbons (Fsp3) is 0.240. The van der Waals surface area contributed by atoms with Crippen molar-refractivity contribution in [2.24, 2.45) is 0 Å². The summed E-state index contributed by atoms with van der Waals surface area (Å²) in [6.45, 7) is 0.537. The van der Waals surface area contributed by atoms with Crippen LogP contribution >= 0.6 is 0 Å². The molecule has 160 valence electrons. The molecule has 7 heteroatoms. The van der Waals surface area contributed by atoms with Gasteiger partial charge in [0.1, 0.15) is 24.3 Å². The number of rotatable bonds is 7. The maximum absolute atomic E-state index is 5.93. The summed E-state index contributed by atoms with van der Waals surface area (Å²) in [5.41, 5.74) is 3.85. The Balaban J connectivity index is 1.16. The van der Waals surface area contributed by atoms with Gasteiger partial charge in [-0.2, -0.15) is 4.98 Å². The highest BCUT2D eigenvalue weighted by Crippen LogP contribution is 2.36. The second-order valence-electron chi connectivity index (χ2n) is 8.18. The standard InChI is InChI=1S/C25H22N4O3/c1-2-5-16(6-3-1)14-30-19-9-10-20-18(13-26-21(20)12-19)11-23-28-24(29-32-23)22-15-31-25(27-22)17-7-4-8-17/h1-3,5-6,9-10,12-13,15,17,26H,4,7-8,11,14H2. The molecule has 0 atom stereocenters. The van der Waals surface area contributed by atoms with Crippen molar-refractivity contribution in [2.45, 2.75) is 38.2 Å². The summed E-state index contributed by atoms with van der Waals surface area (Å²) >= 11 is 0. The largest absolute Gasteiger partial charge is 0.489 e. The number of H-pyrrole nitrogens is 1. The Labute approximate surface area is 184 Å². The molecule has 1 aliphatic carbocycles. The van der Waals surface area contributed by atoms with Crippen molar-refractivity contribution in [3.63, 3.8) is 0 Å². The van der Waals surface area contributed by atoms with E-state index in [0.717, 1.165) is 46.5 Å². The van der Waals surface area contributed by atoms with Crippen LogP contribution in [0.25, 0.3) is 22.4 Å². The predicted molar refractivity (Wildman–Crippen MR) is 118 cm³/mol. The molecule has 0 amide bonds. The van der Waals surface area contributed by atoms with Gasteiger partial charge in [-0.1, -0.05) is 41.9 Å². The number of aromatic amines is 1. The summed E-state index contributed by atoms with van der Waals surface area (Å²) in [5, 5.41) is 5.19. The first-order valence-corrected chi connectivity index (χ1v) is 10.9. The first-order chi connectivity index (χ1) is 15.8. The van der Waals surface area contributed by atoms with Crippen molar-refractivity contribution in [3.05, 3.63) is 83.9 Å². The predicted octanol–water partition coefficient (Wildman–Crippen LogP) is 5.64. The number of nitrogens with zero attached hydrogens (tertiary/aromatic N) is 3. The van der Waals surface area contributed by atoms with Crippen molar-refractivity contribution in [2.75, 3.05) is 0 Å². The van der Waals surface area contributed by atoms with Gasteiger partial charge in [-0.3, -0.25) is 0 Å². The summed E-state index contributed by atoms with van der Waals surface area (Å²) in [5.74, 6) is 3.04. The van der Waals surface area contributed by atoms with Crippen LogP contribution in [0.4, 0.5) is 0 Å². The quantitative estimate of drug-likeness (QED) is 0.362. The molecule has 0 saturated heterocycles. The second kappa shape index (κ2) is 8.00. The molecule has 2 aromatic carbocycles.